The molecule has 1 heterocycles. The van der Waals surface area contributed by atoms with Crippen LogP contribution in [-0.2, 0) is 6.54 Å². The molecule has 0 saturated carbocycles. The molecule has 24 heavy (non-hydrogen) atoms. The zero-order valence-corrected chi connectivity index (χ0v) is 16.1. The van der Waals surface area contributed by atoms with E-state index in [0.717, 1.165) is 12.2 Å². The Morgan fingerprint density at radius 2 is 2.12 bits per heavy atom. The summed E-state index contributed by atoms with van der Waals surface area (Å²) in [6.07, 6.45) is 0.733. The molecule has 8 heteroatoms. The first-order chi connectivity index (χ1) is 11.3. The van der Waals surface area contributed by atoms with Crippen LogP contribution in [-0.4, -0.2) is 20.7 Å². The summed E-state index contributed by atoms with van der Waals surface area (Å²) in [5.74, 6) is 0.820. The average molecular weight is 387 g/mol. The smallest absolute Gasteiger partial charge is 0.253 e. The number of hydrogen-bond acceptors (Lipinski definition) is 3. The van der Waals surface area contributed by atoms with Crippen LogP contribution in [0.2, 0.25) is 10.0 Å². The van der Waals surface area contributed by atoms with Gasteiger partial charge in [-0.15, -0.1) is 0 Å². The van der Waals surface area contributed by atoms with Gasteiger partial charge in [0.25, 0.3) is 5.91 Å². The summed E-state index contributed by atoms with van der Waals surface area (Å²) < 4.78 is 2.42. The molecule has 1 aromatic carbocycles. The molecule has 0 aliphatic heterocycles. The van der Waals surface area contributed by atoms with E-state index < -0.39 is 0 Å². The molecule has 0 bridgehead atoms. The molecule has 0 radical (unpaired) electrons. The van der Waals surface area contributed by atoms with Crippen molar-refractivity contribution in [3.63, 3.8) is 0 Å². The second-order valence-corrected chi connectivity index (χ2v) is 7.14. The van der Waals surface area contributed by atoms with Crippen molar-refractivity contribution >= 4 is 41.3 Å². The Kier molecular flexibility index (Phi) is 6.43. The van der Waals surface area contributed by atoms with Gasteiger partial charge in [0.05, 0.1) is 16.6 Å². The molecule has 0 saturated heterocycles. The maximum atomic E-state index is 12.6. The molecular formula is C16H20Cl2N4OS. The molecule has 1 atom stereocenters. The Bertz CT molecular complexity index is 785. The van der Waals surface area contributed by atoms with Gasteiger partial charge in [-0.2, -0.15) is 5.10 Å². The molecule has 0 aliphatic rings. The van der Waals surface area contributed by atoms with Crippen molar-refractivity contribution in [1.82, 2.24) is 20.1 Å². The van der Waals surface area contributed by atoms with Crippen molar-refractivity contribution in [1.29, 1.82) is 0 Å². The third kappa shape index (κ3) is 4.37. The van der Waals surface area contributed by atoms with Gasteiger partial charge in [-0.3, -0.25) is 9.89 Å². The first-order valence-corrected chi connectivity index (χ1v) is 8.90. The minimum atomic E-state index is -0.267. The second-order valence-electron chi connectivity index (χ2n) is 5.91. The molecule has 0 unspecified atom stereocenters. The number of aromatic nitrogens is 3. The van der Waals surface area contributed by atoms with E-state index in [2.05, 4.69) is 29.4 Å². The number of carbonyl (C=O) groups excluding carboxylic acids is 1. The van der Waals surface area contributed by atoms with Crippen molar-refractivity contribution < 1.29 is 4.79 Å². The molecule has 1 aromatic heterocycles. The number of H-pyrrole nitrogens is 1. The topological polar surface area (TPSA) is 62.7 Å². The zero-order valence-electron chi connectivity index (χ0n) is 13.8. The molecular weight excluding hydrogens is 367 g/mol. The van der Waals surface area contributed by atoms with E-state index in [1.54, 1.807) is 18.2 Å². The average Bonchev–Trinajstić information content (AvgIpc) is 2.86. The van der Waals surface area contributed by atoms with Crippen LogP contribution < -0.4 is 5.32 Å². The summed E-state index contributed by atoms with van der Waals surface area (Å²) >= 11 is 17.3. The van der Waals surface area contributed by atoms with Crippen molar-refractivity contribution in [3.8, 4) is 0 Å². The van der Waals surface area contributed by atoms with Crippen molar-refractivity contribution in [3.05, 3.63) is 44.4 Å². The third-order valence-electron chi connectivity index (χ3n) is 3.60. The van der Waals surface area contributed by atoms with Gasteiger partial charge in [0.1, 0.15) is 0 Å². The number of amides is 1. The molecule has 0 spiro atoms. The number of nitrogens with one attached hydrogen (secondary N) is 2. The van der Waals surface area contributed by atoms with Gasteiger partial charge in [0.15, 0.2) is 10.6 Å². The maximum absolute atomic E-state index is 12.6. The highest BCUT2D eigenvalue weighted by molar-refractivity contribution is 7.71. The lowest BCUT2D eigenvalue weighted by atomic mass is 10.0. The van der Waals surface area contributed by atoms with Crippen molar-refractivity contribution in [2.75, 3.05) is 0 Å². The van der Waals surface area contributed by atoms with E-state index >= 15 is 0 Å². The Balaban J connectivity index is 2.32. The Labute approximate surface area is 156 Å². The van der Waals surface area contributed by atoms with Crippen LogP contribution in [0.15, 0.2) is 18.2 Å². The molecule has 1 amide bonds. The molecule has 2 rings (SSSR count). The summed E-state index contributed by atoms with van der Waals surface area (Å²) in [6, 6.07) is 4.54. The first-order valence-electron chi connectivity index (χ1n) is 7.74. The number of carbonyl (C=O) groups is 1. The number of hydrogen-bond donors (Lipinski definition) is 2. The van der Waals surface area contributed by atoms with Crippen LogP contribution in [0.5, 0.6) is 0 Å². The molecule has 130 valence electrons. The summed E-state index contributed by atoms with van der Waals surface area (Å²) in [5, 5.41) is 10.9. The van der Waals surface area contributed by atoms with Crippen LogP contribution in [0.25, 0.3) is 0 Å². The van der Waals surface area contributed by atoms with Gasteiger partial charge in [0.2, 0.25) is 0 Å². The molecule has 2 aromatic rings. The summed E-state index contributed by atoms with van der Waals surface area (Å²) in [5.41, 5.74) is 0.381. The molecule has 0 aliphatic carbocycles. The summed E-state index contributed by atoms with van der Waals surface area (Å²) in [7, 11) is 0. The normalized spacial score (nSPS) is 12.4. The Morgan fingerprint density at radius 1 is 1.42 bits per heavy atom. The lowest BCUT2D eigenvalue weighted by Gasteiger charge is -2.21. The van der Waals surface area contributed by atoms with E-state index in [1.165, 1.54) is 0 Å². The van der Waals surface area contributed by atoms with Crippen LogP contribution >= 0.6 is 35.4 Å². The Morgan fingerprint density at radius 3 is 2.71 bits per heavy atom. The number of aromatic amines is 1. The van der Waals surface area contributed by atoms with E-state index in [-0.39, 0.29) is 11.9 Å². The molecule has 0 fully saturated rings. The standard InChI is InChI=1S/C16H20Cl2N4OS/c1-4-22-14(20-21-16(22)24)13(7-9(2)3)19-15(23)11-6-5-10(17)8-12(11)18/h5-6,8-9,13H,4,7H2,1-3H3,(H,19,23)(H,21,24)/t13-/m1/s1. The largest absolute Gasteiger partial charge is 0.342 e. The van der Waals surface area contributed by atoms with E-state index in [1.807, 2.05) is 11.5 Å². The van der Waals surface area contributed by atoms with E-state index in [0.29, 0.717) is 32.8 Å². The quantitative estimate of drug-likeness (QED) is 0.701. The molecule has 5 nitrogen and oxygen atoms in total. The third-order valence-corrected chi connectivity index (χ3v) is 4.46. The highest BCUT2D eigenvalue weighted by Crippen LogP contribution is 2.24. The highest BCUT2D eigenvalue weighted by atomic mass is 35.5. The highest BCUT2D eigenvalue weighted by Gasteiger charge is 2.23. The van der Waals surface area contributed by atoms with Crippen molar-refractivity contribution in [2.45, 2.75) is 39.8 Å². The number of rotatable bonds is 6. The SMILES string of the molecule is CCn1c([C@@H](CC(C)C)NC(=O)c2ccc(Cl)cc2Cl)n[nH]c1=S. The van der Waals surface area contributed by atoms with Gasteiger partial charge in [0, 0.05) is 11.6 Å². The van der Waals surface area contributed by atoms with Crippen molar-refractivity contribution in [2.24, 2.45) is 5.92 Å². The Hall–Kier alpha value is -1.37. The predicted molar refractivity (Wildman–Crippen MR) is 99.2 cm³/mol. The fraction of sp³-hybridized carbons (Fsp3) is 0.438. The maximum Gasteiger partial charge on any atom is 0.253 e. The monoisotopic (exact) mass is 386 g/mol. The lowest BCUT2D eigenvalue weighted by molar-refractivity contribution is 0.0929. The number of halogens is 2. The van der Waals surface area contributed by atoms with Gasteiger partial charge in [-0.1, -0.05) is 37.0 Å². The zero-order chi connectivity index (χ0) is 17.9. The van der Waals surface area contributed by atoms with Gasteiger partial charge in [-0.05, 0) is 49.7 Å². The summed E-state index contributed by atoms with van der Waals surface area (Å²) in [6.45, 7) is 6.84. The van der Waals surface area contributed by atoms with Crippen LogP contribution in [0.3, 0.4) is 0 Å². The van der Waals surface area contributed by atoms with Crippen LogP contribution in [0.4, 0.5) is 0 Å². The predicted octanol–water partition coefficient (Wildman–Crippen LogP) is 4.78. The number of benzene rings is 1. The fourth-order valence-corrected chi connectivity index (χ4v) is 3.27. The summed E-state index contributed by atoms with van der Waals surface area (Å²) in [4.78, 5) is 12.6. The lowest BCUT2D eigenvalue weighted by Crippen LogP contribution is -2.31. The molecule has 2 N–H and O–H groups in total. The minimum absolute atomic E-state index is 0.265. The fourth-order valence-electron chi connectivity index (χ4n) is 2.51. The first kappa shape index (κ1) is 19.0. The van der Waals surface area contributed by atoms with Crippen LogP contribution in [0, 0.1) is 10.7 Å². The van der Waals surface area contributed by atoms with Crippen LogP contribution in [0.1, 0.15) is 49.4 Å². The van der Waals surface area contributed by atoms with E-state index in [9.17, 15) is 4.79 Å². The van der Waals surface area contributed by atoms with Gasteiger partial charge >= 0.3 is 0 Å². The second kappa shape index (κ2) is 8.14. The van der Waals surface area contributed by atoms with Gasteiger partial charge in [-0.25, -0.2) is 0 Å². The number of nitrogens with zero attached hydrogens (tertiary/aromatic N) is 2. The minimum Gasteiger partial charge on any atom is -0.342 e. The van der Waals surface area contributed by atoms with Gasteiger partial charge < -0.3 is 9.88 Å². The van der Waals surface area contributed by atoms with E-state index in [4.69, 9.17) is 35.4 Å².